The van der Waals surface area contributed by atoms with Crippen LogP contribution in [0.25, 0.3) is 10.9 Å². The van der Waals surface area contributed by atoms with Crippen molar-refractivity contribution in [3.63, 3.8) is 0 Å². The fraction of sp³-hybridized carbons (Fsp3) is 0.700. The number of sulfonamides is 1. The van der Waals surface area contributed by atoms with Gasteiger partial charge in [0.05, 0.1) is 22.4 Å². The number of alkyl carbamates (subject to hydrolysis) is 1. The first-order chi connectivity index (χ1) is 31.8. The zero-order valence-corrected chi connectivity index (χ0v) is 39.3. The van der Waals surface area contributed by atoms with Crippen LogP contribution in [0.2, 0.25) is 0 Å². The number of carbonyl (C=O) groups is 4. The summed E-state index contributed by atoms with van der Waals surface area (Å²) in [4.78, 5) is 66.8. The number of nitrogens with one attached hydrogen (secondary N) is 3. The number of nitrogens with zero attached hydrogens (tertiary/aromatic N) is 3. The van der Waals surface area contributed by atoms with E-state index >= 15 is 4.79 Å². The number of ether oxygens (including phenoxy) is 3. The Labute approximate surface area is 388 Å². The summed E-state index contributed by atoms with van der Waals surface area (Å²) >= 11 is 0. The van der Waals surface area contributed by atoms with Crippen LogP contribution >= 0.6 is 0 Å². The predicted molar refractivity (Wildman–Crippen MR) is 247 cm³/mol. The largest absolute Gasteiger partial charge is 0.489 e. The quantitative estimate of drug-likeness (QED) is 0.222. The van der Waals surface area contributed by atoms with Crippen LogP contribution in [0.5, 0.6) is 11.6 Å². The lowest BCUT2D eigenvalue weighted by atomic mass is 9.83. The molecule has 4 heterocycles. The highest BCUT2D eigenvalue weighted by Gasteiger charge is 2.63. The van der Waals surface area contributed by atoms with Crippen molar-refractivity contribution in [2.24, 2.45) is 23.7 Å². The lowest BCUT2D eigenvalue weighted by molar-refractivity contribution is -0.142. The Bertz CT molecular complexity index is 2320. The van der Waals surface area contributed by atoms with Gasteiger partial charge in [-0.25, -0.2) is 18.2 Å². The predicted octanol–water partition coefficient (Wildman–Crippen LogP) is 6.08. The third-order valence-electron chi connectivity index (χ3n) is 16.2. The molecule has 7 atom stereocenters. The molecule has 66 heavy (non-hydrogen) atoms. The number of aromatic nitrogens is 1. The van der Waals surface area contributed by atoms with Crippen LogP contribution in [0.4, 0.5) is 4.79 Å². The van der Waals surface area contributed by atoms with Gasteiger partial charge in [0.2, 0.25) is 27.7 Å². The molecule has 10 rings (SSSR count). The number of hydrogen-bond acceptors (Lipinski definition) is 11. The molecule has 2 aromatic rings. The number of fused-ring (bicyclic) bond motifs is 5. The standard InChI is InChI=1S/C50H68N6O9S/c1-3-34-28-50(34,47(59)54-66(61,62)49(2)22-23-49)53-44(57)40-27-36-30-56(40)46(58)42(32-12-6-4-7-13-32)52-48(60)65-41-26-33(41)14-8-5-9-16-38-43(37-15-10-11-17-39(37)51-45(38)64-36)63-35-20-24-55(25-21-35)29-31-18-19-31/h3,10-11,15,17,31-36,40-42H,1,4-9,12-14,16,18-30H2,2H3,(H,52,60)(H,53,57)(H,54,59). The molecule has 1 aromatic carbocycles. The van der Waals surface area contributed by atoms with Crippen LogP contribution in [-0.2, 0) is 35.6 Å². The van der Waals surface area contributed by atoms with Crippen molar-refractivity contribution in [2.75, 3.05) is 26.2 Å². The number of pyridine rings is 1. The van der Waals surface area contributed by atoms with E-state index in [1.165, 1.54) is 24.3 Å². The number of benzene rings is 1. The zero-order chi connectivity index (χ0) is 45.8. The lowest BCUT2D eigenvalue weighted by Crippen LogP contribution is -2.59. The molecular formula is C50H68N6O9S. The van der Waals surface area contributed by atoms with Crippen molar-refractivity contribution in [3.8, 4) is 11.6 Å². The molecule has 2 saturated heterocycles. The monoisotopic (exact) mass is 928 g/mol. The van der Waals surface area contributed by atoms with Gasteiger partial charge in [-0.3, -0.25) is 19.1 Å². The van der Waals surface area contributed by atoms with E-state index in [1.807, 2.05) is 18.2 Å². The molecule has 3 N–H and O–H groups in total. The van der Waals surface area contributed by atoms with Crippen molar-refractivity contribution in [1.82, 2.24) is 30.1 Å². The minimum absolute atomic E-state index is 0.0158. The molecule has 5 saturated carbocycles. The number of piperidine rings is 1. The maximum absolute atomic E-state index is 15.2. The van der Waals surface area contributed by atoms with Gasteiger partial charge in [-0.1, -0.05) is 50.3 Å². The first-order valence-corrected chi connectivity index (χ1v) is 26.6. The number of para-hydroxylation sites is 1. The normalized spacial score (nSPS) is 32.0. The van der Waals surface area contributed by atoms with Crippen molar-refractivity contribution in [3.05, 3.63) is 42.5 Å². The third-order valence-corrected chi connectivity index (χ3v) is 18.4. The molecule has 358 valence electrons. The molecule has 8 aliphatic rings. The molecule has 0 spiro atoms. The summed E-state index contributed by atoms with van der Waals surface area (Å²) in [5.74, 6) is -0.216. The van der Waals surface area contributed by atoms with Crippen LogP contribution in [0.3, 0.4) is 0 Å². The third kappa shape index (κ3) is 9.51. The Hall–Kier alpha value is -4.44. The molecule has 0 radical (unpaired) electrons. The maximum Gasteiger partial charge on any atom is 0.408 e. The van der Waals surface area contributed by atoms with Crippen LogP contribution in [0, 0.1) is 23.7 Å². The second-order valence-corrected chi connectivity index (χ2v) is 23.4. The Morgan fingerprint density at radius 3 is 2.39 bits per heavy atom. The van der Waals surface area contributed by atoms with E-state index in [4.69, 9.17) is 19.2 Å². The first-order valence-electron chi connectivity index (χ1n) is 25.1. The highest BCUT2D eigenvalue weighted by Crippen LogP contribution is 2.48. The van der Waals surface area contributed by atoms with Gasteiger partial charge < -0.3 is 34.6 Å². The van der Waals surface area contributed by atoms with Gasteiger partial charge in [0.1, 0.15) is 41.7 Å². The summed E-state index contributed by atoms with van der Waals surface area (Å²) in [6.07, 6.45) is 15.2. The molecule has 4 amide bonds. The molecule has 7 unspecified atom stereocenters. The van der Waals surface area contributed by atoms with E-state index < -0.39 is 68.2 Å². The van der Waals surface area contributed by atoms with Crippen LogP contribution in [-0.4, -0.2) is 114 Å². The van der Waals surface area contributed by atoms with Gasteiger partial charge in [0, 0.05) is 37.4 Å². The molecule has 7 fully saturated rings. The molecule has 2 bridgehead atoms. The summed E-state index contributed by atoms with van der Waals surface area (Å²) in [5.41, 5.74) is 0.0524. The second kappa shape index (κ2) is 18.2. The molecule has 5 aliphatic carbocycles. The van der Waals surface area contributed by atoms with Gasteiger partial charge in [-0.15, -0.1) is 6.58 Å². The second-order valence-electron chi connectivity index (χ2n) is 21.2. The summed E-state index contributed by atoms with van der Waals surface area (Å²) < 4.78 is 47.7. The fourth-order valence-corrected chi connectivity index (χ4v) is 12.5. The van der Waals surface area contributed by atoms with E-state index in [0.29, 0.717) is 25.1 Å². The Morgan fingerprint density at radius 2 is 1.68 bits per heavy atom. The summed E-state index contributed by atoms with van der Waals surface area (Å²) in [6.45, 7) is 8.65. The maximum atomic E-state index is 15.2. The number of carbonyl (C=O) groups excluding carboxylic acids is 4. The molecule has 15 nitrogen and oxygen atoms in total. The van der Waals surface area contributed by atoms with E-state index in [0.717, 1.165) is 118 Å². The van der Waals surface area contributed by atoms with Crippen molar-refractivity contribution >= 4 is 44.7 Å². The van der Waals surface area contributed by atoms with E-state index in [9.17, 15) is 22.8 Å². The molecule has 3 aliphatic heterocycles. The SMILES string of the molecule is C=CC1CC1(NC(=O)C1CC2CN1C(=O)C(C1CCCCC1)NC(=O)OC1CC1CCCCCc1c(nc3ccccc3c1OC1CCN(CC3CC3)CC1)O2)C(=O)NS(=O)(=O)C1(C)CC1. The van der Waals surface area contributed by atoms with Gasteiger partial charge in [-0.2, -0.15) is 0 Å². The van der Waals surface area contributed by atoms with Gasteiger partial charge in [0.15, 0.2) is 0 Å². The number of amides is 4. The molecule has 16 heteroatoms. The molecular weight excluding hydrogens is 861 g/mol. The smallest absolute Gasteiger partial charge is 0.408 e. The fourth-order valence-electron chi connectivity index (χ4n) is 11.2. The number of hydrogen-bond donors (Lipinski definition) is 3. The highest BCUT2D eigenvalue weighted by molar-refractivity contribution is 7.91. The van der Waals surface area contributed by atoms with Crippen molar-refractivity contribution < 1.29 is 41.8 Å². The minimum Gasteiger partial charge on any atom is -0.489 e. The minimum atomic E-state index is -4.01. The average molecular weight is 929 g/mol. The van der Waals surface area contributed by atoms with Crippen LogP contribution in [0.1, 0.15) is 128 Å². The summed E-state index contributed by atoms with van der Waals surface area (Å²) in [7, 11) is -4.01. The first kappa shape index (κ1) is 45.3. The van der Waals surface area contributed by atoms with Gasteiger partial charge >= 0.3 is 6.09 Å². The van der Waals surface area contributed by atoms with E-state index in [-0.39, 0.29) is 43.4 Å². The van der Waals surface area contributed by atoms with E-state index in [1.54, 1.807) is 13.0 Å². The summed E-state index contributed by atoms with van der Waals surface area (Å²) in [5, 5.41) is 6.83. The van der Waals surface area contributed by atoms with Crippen LogP contribution in [0.15, 0.2) is 36.9 Å². The van der Waals surface area contributed by atoms with Crippen molar-refractivity contribution in [2.45, 2.75) is 170 Å². The lowest BCUT2D eigenvalue weighted by Gasteiger charge is -2.34. The molecule has 1 aromatic heterocycles. The summed E-state index contributed by atoms with van der Waals surface area (Å²) in [6, 6.07) is 5.91. The topological polar surface area (TPSA) is 186 Å². The highest BCUT2D eigenvalue weighted by atomic mass is 32.2. The van der Waals surface area contributed by atoms with Crippen molar-refractivity contribution in [1.29, 1.82) is 0 Å². The number of likely N-dealkylation sites (tertiary alicyclic amines) is 1. The van der Waals surface area contributed by atoms with Gasteiger partial charge in [-0.05, 0) is 120 Å². The average Bonchev–Trinajstić information content (AvgIpc) is 4.16. The number of rotatable bonds is 11. The Balaban J connectivity index is 0.978. The van der Waals surface area contributed by atoms with E-state index in [2.05, 4.69) is 32.9 Å². The zero-order valence-electron chi connectivity index (χ0n) is 38.5. The van der Waals surface area contributed by atoms with Crippen LogP contribution < -0.4 is 24.8 Å². The Kier molecular flexibility index (Phi) is 12.5. The Morgan fingerprint density at radius 1 is 0.955 bits per heavy atom. The van der Waals surface area contributed by atoms with Gasteiger partial charge in [0.25, 0.3) is 5.91 Å².